The minimum Gasteiger partial charge on any atom is -0.493 e. The van der Waals surface area contributed by atoms with E-state index in [4.69, 9.17) is 14.6 Å². The Hall–Kier alpha value is -2.44. The van der Waals surface area contributed by atoms with Crippen LogP contribution in [0.15, 0.2) is 18.2 Å². The van der Waals surface area contributed by atoms with Crippen molar-refractivity contribution in [2.24, 2.45) is 5.92 Å². The summed E-state index contributed by atoms with van der Waals surface area (Å²) < 4.78 is 10.4. The molecule has 0 aliphatic heterocycles. The van der Waals surface area contributed by atoms with Gasteiger partial charge in [-0.05, 0) is 30.0 Å². The number of hydrogen-bond acceptors (Lipinski definition) is 4. The second kappa shape index (κ2) is 9.64. The summed E-state index contributed by atoms with van der Waals surface area (Å²) in [5, 5.41) is 14.3. The third-order valence-electron chi connectivity index (χ3n) is 3.91. The molecule has 2 atom stereocenters. The minimum atomic E-state index is -1.03. The van der Waals surface area contributed by atoms with Crippen LogP contribution in [0.1, 0.15) is 25.8 Å². The molecule has 0 radical (unpaired) electrons. The van der Waals surface area contributed by atoms with Crippen molar-refractivity contribution in [2.75, 3.05) is 20.8 Å². The zero-order chi connectivity index (χ0) is 18.1. The molecule has 0 aliphatic rings. The van der Waals surface area contributed by atoms with E-state index in [9.17, 15) is 9.59 Å². The van der Waals surface area contributed by atoms with Crippen LogP contribution in [0.3, 0.4) is 0 Å². The molecule has 134 valence electrons. The van der Waals surface area contributed by atoms with Gasteiger partial charge in [-0.25, -0.2) is 9.59 Å². The number of amides is 2. The van der Waals surface area contributed by atoms with E-state index in [0.29, 0.717) is 30.9 Å². The van der Waals surface area contributed by atoms with E-state index in [1.807, 2.05) is 19.1 Å². The molecule has 0 heterocycles. The van der Waals surface area contributed by atoms with Crippen LogP contribution in [0.5, 0.6) is 11.5 Å². The number of methoxy groups -OCH3 is 2. The number of carboxylic acids is 1. The lowest BCUT2D eigenvalue weighted by Gasteiger charge is -2.20. The van der Waals surface area contributed by atoms with Crippen molar-refractivity contribution < 1.29 is 24.2 Å². The monoisotopic (exact) mass is 338 g/mol. The molecule has 0 fully saturated rings. The fourth-order valence-electron chi connectivity index (χ4n) is 2.23. The van der Waals surface area contributed by atoms with E-state index >= 15 is 0 Å². The number of rotatable bonds is 9. The van der Waals surface area contributed by atoms with Gasteiger partial charge < -0.3 is 25.2 Å². The number of carbonyl (C=O) groups is 2. The molecule has 0 spiro atoms. The van der Waals surface area contributed by atoms with Gasteiger partial charge in [-0.3, -0.25) is 0 Å². The number of hydrogen-bond donors (Lipinski definition) is 3. The number of nitrogens with one attached hydrogen (secondary N) is 2. The van der Waals surface area contributed by atoms with Crippen molar-refractivity contribution >= 4 is 12.0 Å². The van der Waals surface area contributed by atoms with Gasteiger partial charge in [0.25, 0.3) is 0 Å². The SMILES string of the molecule is CCC(C)[C@H](NC(=O)NCCc1ccc(OC)c(OC)c1)C(=O)O. The molecule has 3 N–H and O–H groups in total. The highest BCUT2D eigenvalue weighted by Gasteiger charge is 2.24. The molecule has 1 unspecified atom stereocenters. The van der Waals surface area contributed by atoms with E-state index in [0.717, 1.165) is 5.56 Å². The molecule has 7 nitrogen and oxygen atoms in total. The topological polar surface area (TPSA) is 96.9 Å². The Labute approximate surface area is 142 Å². The quantitative estimate of drug-likeness (QED) is 0.640. The first-order chi connectivity index (χ1) is 11.4. The first-order valence-electron chi connectivity index (χ1n) is 7.91. The van der Waals surface area contributed by atoms with Crippen LogP contribution in [0.2, 0.25) is 0 Å². The third kappa shape index (κ3) is 5.64. The van der Waals surface area contributed by atoms with Crippen molar-refractivity contribution in [3.8, 4) is 11.5 Å². The third-order valence-corrected chi connectivity index (χ3v) is 3.91. The van der Waals surface area contributed by atoms with Crippen LogP contribution in [0.25, 0.3) is 0 Å². The minimum absolute atomic E-state index is 0.140. The molecule has 24 heavy (non-hydrogen) atoms. The lowest BCUT2D eigenvalue weighted by molar-refractivity contribution is -0.140. The zero-order valence-electron chi connectivity index (χ0n) is 14.6. The number of carbonyl (C=O) groups excluding carboxylic acids is 1. The Morgan fingerprint density at radius 3 is 2.42 bits per heavy atom. The van der Waals surface area contributed by atoms with E-state index < -0.39 is 18.0 Å². The van der Waals surface area contributed by atoms with Gasteiger partial charge in [0, 0.05) is 6.54 Å². The van der Waals surface area contributed by atoms with Gasteiger partial charge >= 0.3 is 12.0 Å². The maximum atomic E-state index is 11.9. The van der Waals surface area contributed by atoms with Crippen LogP contribution < -0.4 is 20.1 Å². The van der Waals surface area contributed by atoms with Crippen molar-refractivity contribution in [2.45, 2.75) is 32.7 Å². The van der Waals surface area contributed by atoms with Crippen LogP contribution in [-0.4, -0.2) is 43.9 Å². The molecule has 0 bridgehead atoms. The first-order valence-corrected chi connectivity index (χ1v) is 7.91. The molecule has 1 rings (SSSR count). The molecule has 1 aromatic carbocycles. The Balaban J connectivity index is 2.52. The van der Waals surface area contributed by atoms with Gasteiger partial charge in [0.2, 0.25) is 0 Å². The maximum absolute atomic E-state index is 11.9. The van der Waals surface area contributed by atoms with Crippen molar-refractivity contribution in [3.63, 3.8) is 0 Å². The summed E-state index contributed by atoms with van der Waals surface area (Å²) in [7, 11) is 3.13. The van der Waals surface area contributed by atoms with Crippen LogP contribution in [-0.2, 0) is 11.2 Å². The first kappa shape index (κ1) is 19.6. The van der Waals surface area contributed by atoms with E-state index in [2.05, 4.69) is 10.6 Å². The van der Waals surface area contributed by atoms with Gasteiger partial charge in [-0.1, -0.05) is 26.3 Å². The summed E-state index contributed by atoms with van der Waals surface area (Å²) in [5.41, 5.74) is 0.977. The van der Waals surface area contributed by atoms with Crippen LogP contribution in [0.4, 0.5) is 4.79 Å². The van der Waals surface area contributed by atoms with Gasteiger partial charge in [0.05, 0.1) is 14.2 Å². The summed E-state index contributed by atoms with van der Waals surface area (Å²) in [6, 6.07) is 4.16. The Kier molecular flexibility index (Phi) is 7.88. The second-order valence-corrected chi connectivity index (χ2v) is 5.54. The molecule has 0 aliphatic carbocycles. The van der Waals surface area contributed by atoms with E-state index in [-0.39, 0.29) is 5.92 Å². The number of ether oxygens (including phenoxy) is 2. The van der Waals surface area contributed by atoms with Gasteiger partial charge in [-0.2, -0.15) is 0 Å². The number of carboxylic acid groups (broad SMARTS) is 1. The lowest BCUT2D eigenvalue weighted by atomic mass is 9.99. The second-order valence-electron chi connectivity index (χ2n) is 5.54. The maximum Gasteiger partial charge on any atom is 0.326 e. The van der Waals surface area contributed by atoms with Crippen molar-refractivity contribution in [1.29, 1.82) is 0 Å². The fraction of sp³-hybridized carbons (Fsp3) is 0.529. The largest absolute Gasteiger partial charge is 0.493 e. The average molecular weight is 338 g/mol. The molecule has 7 heteroatoms. The highest BCUT2D eigenvalue weighted by atomic mass is 16.5. The summed E-state index contributed by atoms with van der Waals surface area (Å²) in [6.07, 6.45) is 1.26. The van der Waals surface area contributed by atoms with Gasteiger partial charge in [0.15, 0.2) is 11.5 Å². The lowest BCUT2D eigenvalue weighted by Crippen LogP contribution is -2.49. The summed E-state index contributed by atoms with van der Waals surface area (Å²) in [5.74, 6) is 0.102. The molecule has 0 saturated carbocycles. The Morgan fingerprint density at radius 2 is 1.88 bits per heavy atom. The van der Waals surface area contributed by atoms with E-state index in [1.54, 1.807) is 27.2 Å². The summed E-state index contributed by atoms with van der Waals surface area (Å²) in [4.78, 5) is 23.1. The normalized spacial score (nSPS) is 12.8. The molecule has 0 saturated heterocycles. The van der Waals surface area contributed by atoms with Crippen molar-refractivity contribution in [3.05, 3.63) is 23.8 Å². The van der Waals surface area contributed by atoms with Gasteiger partial charge in [-0.15, -0.1) is 0 Å². The molecule has 1 aromatic rings. The zero-order valence-corrected chi connectivity index (χ0v) is 14.6. The molecule has 0 aromatic heterocycles. The number of urea groups is 1. The highest BCUT2D eigenvalue weighted by Crippen LogP contribution is 2.27. The number of aliphatic carboxylic acids is 1. The summed E-state index contributed by atoms with van der Waals surface area (Å²) in [6.45, 7) is 4.06. The predicted molar refractivity (Wildman–Crippen MR) is 90.7 cm³/mol. The van der Waals surface area contributed by atoms with Crippen LogP contribution in [0, 0.1) is 5.92 Å². The molecular weight excluding hydrogens is 312 g/mol. The Morgan fingerprint density at radius 1 is 1.21 bits per heavy atom. The predicted octanol–water partition coefficient (Wildman–Crippen LogP) is 2.04. The van der Waals surface area contributed by atoms with Crippen molar-refractivity contribution in [1.82, 2.24) is 10.6 Å². The highest BCUT2D eigenvalue weighted by molar-refractivity contribution is 5.82. The Bertz CT molecular complexity index is 562. The molecule has 2 amide bonds. The summed E-state index contributed by atoms with van der Waals surface area (Å²) >= 11 is 0. The smallest absolute Gasteiger partial charge is 0.326 e. The van der Waals surface area contributed by atoms with Gasteiger partial charge in [0.1, 0.15) is 6.04 Å². The molecular formula is C17H26N2O5. The number of benzene rings is 1. The average Bonchev–Trinajstić information content (AvgIpc) is 2.58. The van der Waals surface area contributed by atoms with E-state index in [1.165, 1.54) is 0 Å². The van der Waals surface area contributed by atoms with Crippen LogP contribution >= 0.6 is 0 Å². The fourth-order valence-corrected chi connectivity index (χ4v) is 2.23. The standard InChI is InChI=1S/C17H26N2O5/c1-5-11(2)15(16(20)21)19-17(22)18-9-8-12-6-7-13(23-3)14(10-12)24-4/h6-7,10-11,15H,5,8-9H2,1-4H3,(H,20,21)(H2,18,19,22)/t11?,15-/m0/s1.